The lowest BCUT2D eigenvalue weighted by atomic mass is 10.1. The van der Waals surface area contributed by atoms with Gasteiger partial charge < -0.3 is 22.6 Å². The number of benzene rings is 1. The van der Waals surface area contributed by atoms with Crippen LogP contribution in [0.2, 0.25) is 54.4 Å². The Morgan fingerprint density at radius 1 is 0.843 bits per heavy atom. The van der Waals surface area contributed by atoms with Gasteiger partial charge in [-0.3, -0.25) is 9.36 Å². The number of nitrogens with zero attached hydrogens (tertiary/aromatic N) is 5. The van der Waals surface area contributed by atoms with Crippen LogP contribution in [0, 0.1) is 0 Å². The summed E-state index contributed by atoms with van der Waals surface area (Å²) in [5, 5.41) is -0.0779. The SMILES string of the molecule is C=CCn1cnc2c(ncn2[C@@H]2O[C@H](CO[Si](C)(C)C(C)(C)C)[C@@H](O[Si](C)(C)C(C)(C)C)[C@H]2O[Si](C)(C)C(C)(C)C)c1=NC(=O)c1ccccc1. The van der Waals surface area contributed by atoms with Crippen LogP contribution < -0.4 is 5.49 Å². The van der Waals surface area contributed by atoms with Gasteiger partial charge in [-0.25, -0.2) is 9.97 Å². The van der Waals surface area contributed by atoms with E-state index in [4.69, 9.17) is 28.0 Å². The summed E-state index contributed by atoms with van der Waals surface area (Å²) in [6.45, 7) is 38.6. The zero-order chi connectivity index (χ0) is 38.4. The van der Waals surface area contributed by atoms with Crippen LogP contribution in [0.3, 0.4) is 0 Å². The van der Waals surface area contributed by atoms with Crippen molar-refractivity contribution in [3.8, 4) is 0 Å². The van der Waals surface area contributed by atoms with Gasteiger partial charge in [0, 0.05) is 12.1 Å². The van der Waals surface area contributed by atoms with Gasteiger partial charge in [-0.15, -0.1) is 6.58 Å². The lowest BCUT2D eigenvalue weighted by Gasteiger charge is -2.44. The molecule has 4 rings (SSSR count). The number of amides is 1. The van der Waals surface area contributed by atoms with Crippen molar-refractivity contribution in [2.45, 2.75) is 148 Å². The Morgan fingerprint density at radius 2 is 1.39 bits per heavy atom. The average Bonchev–Trinajstić information content (AvgIpc) is 3.57. The highest BCUT2D eigenvalue weighted by Gasteiger charge is 2.55. The molecule has 51 heavy (non-hydrogen) atoms. The Hall–Kier alpha value is -2.53. The van der Waals surface area contributed by atoms with Gasteiger partial charge in [0.25, 0.3) is 5.91 Å². The molecule has 10 nitrogen and oxygen atoms in total. The quantitative estimate of drug-likeness (QED) is 0.142. The van der Waals surface area contributed by atoms with Gasteiger partial charge >= 0.3 is 0 Å². The highest BCUT2D eigenvalue weighted by atomic mass is 28.4. The fourth-order valence-electron chi connectivity index (χ4n) is 5.15. The highest BCUT2D eigenvalue weighted by molar-refractivity contribution is 6.75. The molecule has 0 aliphatic carbocycles. The summed E-state index contributed by atoms with van der Waals surface area (Å²) in [4.78, 5) is 27.7. The van der Waals surface area contributed by atoms with Gasteiger partial charge in [0.15, 0.2) is 47.8 Å². The first-order valence-electron chi connectivity index (χ1n) is 18.1. The van der Waals surface area contributed by atoms with E-state index in [1.54, 1.807) is 35.4 Å². The number of aromatic nitrogens is 4. The third-order valence-electron chi connectivity index (χ3n) is 11.6. The molecule has 282 valence electrons. The minimum atomic E-state index is -2.37. The third kappa shape index (κ3) is 8.82. The molecule has 4 atom stereocenters. The molecule has 0 unspecified atom stereocenters. The predicted molar refractivity (Wildman–Crippen MR) is 213 cm³/mol. The average molecular weight is 754 g/mol. The molecule has 1 amide bonds. The number of allylic oxidation sites excluding steroid dienone is 1. The van der Waals surface area contributed by atoms with Crippen molar-refractivity contribution in [3.05, 3.63) is 66.7 Å². The first-order chi connectivity index (χ1) is 23.3. The maximum absolute atomic E-state index is 13.4. The van der Waals surface area contributed by atoms with E-state index in [9.17, 15) is 4.79 Å². The molecule has 1 aliphatic heterocycles. The summed E-state index contributed by atoms with van der Waals surface area (Å²) in [5.41, 5.74) is 1.92. The molecule has 1 saturated heterocycles. The van der Waals surface area contributed by atoms with E-state index in [0.717, 1.165) is 0 Å². The summed E-state index contributed by atoms with van der Waals surface area (Å²) in [6, 6.07) is 9.03. The summed E-state index contributed by atoms with van der Waals surface area (Å²) in [7, 11) is -6.83. The van der Waals surface area contributed by atoms with E-state index in [1.165, 1.54) is 0 Å². The molecule has 0 spiro atoms. The Labute approximate surface area is 309 Å². The minimum Gasteiger partial charge on any atom is -0.414 e. The van der Waals surface area contributed by atoms with Gasteiger partial charge in [0.2, 0.25) is 0 Å². The normalized spacial score (nSPS) is 21.4. The van der Waals surface area contributed by atoms with Crippen molar-refractivity contribution < 1.29 is 22.8 Å². The second-order valence-corrected chi connectivity index (χ2v) is 32.8. The van der Waals surface area contributed by atoms with Crippen LogP contribution in [-0.4, -0.2) is 74.9 Å². The molecule has 1 aliphatic rings. The molecule has 1 aromatic carbocycles. The number of imidazole rings is 1. The van der Waals surface area contributed by atoms with E-state index < -0.39 is 49.5 Å². The number of hydrogen-bond acceptors (Lipinski definition) is 7. The fraction of sp³-hybridized carbons (Fsp3) is 0.632. The van der Waals surface area contributed by atoms with E-state index in [0.29, 0.717) is 35.4 Å². The van der Waals surface area contributed by atoms with Crippen LogP contribution in [0.15, 0.2) is 60.6 Å². The standard InChI is InChI=1S/C38H63N5O5Si3/c1-17-23-42-25-40-32-29(33(42)41-34(44)27-21-19-18-20-22-27)39-26-43(32)35-31(48-51(15,16)38(8,9)10)30(47-50(13,14)37(5,6)7)28(46-35)24-45-49(11,12)36(2,3)4/h17-22,25-26,28,30-31,35H,1,23-24H2,2-16H3/t28-,30-,31-,35-/m1/s1. The minimum absolute atomic E-state index is 0.0280. The maximum Gasteiger partial charge on any atom is 0.279 e. The lowest BCUT2D eigenvalue weighted by Crippen LogP contribution is -2.54. The highest BCUT2D eigenvalue weighted by Crippen LogP contribution is 2.46. The molecule has 0 N–H and O–H groups in total. The van der Waals surface area contributed by atoms with Crippen LogP contribution in [0.25, 0.3) is 11.2 Å². The number of ether oxygens (including phenoxy) is 1. The molecular formula is C38H63N5O5Si3. The zero-order valence-corrected chi connectivity index (χ0v) is 36.8. The van der Waals surface area contributed by atoms with E-state index >= 15 is 0 Å². The third-order valence-corrected chi connectivity index (χ3v) is 25.0. The molecule has 1 fully saturated rings. The van der Waals surface area contributed by atoms with Crippen LogP contribution in [0.4, 0.5) is 0 Å². The summed E-state index contributed by atoms with van der Waals surface area (Å²) < 4.78 is 32.3. The Bertz CT molecular complexity index is 1760. The second-order valence-electron chi connectivity index (χ2n) is 18.4. The maximum atomic E-state index is 13.4. The molecule has 3 aromatic rings. The Kier molecular flexibility index (Phi) is 11.9. The Balaban J connectivity index is 1.92. The molecule has 0 radical (unpaired) electrons. The summed E-state index contributed by atoms with van der Waals surface area (Å²) in [5.74, 6) is -0.364. The van der Waals surface area contributed by atoms with E-state index in [1.807, 2.05) is 22.8 Å². The second kappa shape index (κ2) is 14.7. The zero-order valence-electron chi connectivity index (χ0n) is 33.8. The fourth-order valence-corrected chi connectivity index (χ4v) is 8.77. The van der Waals surface area contributed by atoms with Gasteiger partial charge in [-0.1, -0.05) is 86.6 Å². The number of carbonyl (C=O) groups is 1. The van der Waals surface area contributed by atoms with Crippen LogP contribution in [-0.2, 0) is 24.6 Å². The van der Waals surface area contributed by atoms with E-state index in [-0.39, 0.29) is 21.0 Å². The van der Waals surface area contributed by atoms with Gasteiger partial charge in [-0.2, -0.15) is 4.99 Å². The molecule has 0 saturated carbocycles. The van der Waals surface area contributed by atoms with Crippen LogP contribution in [0.5, 0.6) is 0 Å². The number of hydrogen-bond donors (Lipinski definition) is 0. The molecular weight excluding hydrogens is 691 g/mol. The van der Waals surface area contributed by atoms with Crippen molar-refractivity contribution in [1.29, 1.82) is 0 Å². The summed E-state index contributed by atoms with van der Waals surface area (Å²) in [6.07, 6.45) is 3.27. The number of carbonyl (C=O) groups excluding carboxylic acids is 1. The lowest BCUT2D eigenvalue weighted by molar-refractivity contribution is -0.0470. The van der Waals surface area contributed by atoms with Crippen molar-refractivity contribution in [1.82, 2.24) is 19.1 Å². The smallest absolute Gasteiger partial charge is 0.279 e. The largest absolute Gasteiger partial charge is 0.414 e. The van der Waals surface area contributed by atoms with Gasteiger partial charge in [0.05, 0.1) is 19.3 Å². The van der Waals surface area contributed by atoms with Crippen molar-refractivity contribution in [2.75, 3.05) is 6.61 Å². The van der Waals surface area contributed by atoms with Gasteiger partial charge in [0.1, 0.15) is 18.3 Å². The van der Waals surface area contributed by atoms with Crippen LogP contribution in [0.1, 0.15) is 78.9 Å². The Morgan fingerprint density at radius 3 is 1.92 bits per heavy atom. The first kappa shape index (κ1) is 41.2. The van der Waals surface area contributed by atoms with Crippen molar-refractivity contribution >= 4 is 42.0 Å². The first-order valence-corrected chi connectivity index (χ1v) is 26.9. The molecule has 13 heteroatoms. The number of rotatable bonds is 11. The van der Waals surface area contributed by atoms with E-state index in [2.05, 4.69) is 113 Å². The number of fused-ring (bicyclic) bond motifs is 1. The van der Waals surface area contributed by atoms with Crippen molar-refractivity contribution in [3.63, 3.8) is 0 Å². The van der Waals surface area contributed by atoms with Crippen LogP contribution >= 0.6 is 0 Å². The summed E-state index contributed by atoms with van der Waals surface area (Å²) >= 11 is 0. The molecule has 0 bridgehead atoms. The predicted octanol–water partition coefficient (Wildman–Crippen LogP) is 8.86. The van der Waals surface area contributed by atoms with Gasteiger partial charge in [-0.05, 0) is 66.5 Å². The molecule has 3 heterocycles. The molecule has 2 aromatic heterocycles. The monoisotopic (exact) mass is 753 g/mol. The van der Waals surface area contributed by atoms with Crippen molar-refractivity contribution in [2.24, 2.45) is 4.99 Å². The topological polar surface area (TPSA) is 102 Å².